The summed E-state index contributed by atoms with van der Waals surface area (Å²) in [5.41, 5.74) is 2.17. The highest BCUT2D eigenvalue weighted by Crippen LogP contribution is 2.33. The second-order valence-corrected chi connectivity index (χ2v) is 9.16. The molecule has 0 aliphatic carbocycles. The van der Waals surface area contributed by atoms with Crippen LogP contribution in [0.1, 0.15) is 11.1 Å². The van der Waals surface area contributed by atoms with E-state index >= 15 is 0 Å². The van der Waals surface area contributed by atoms with Crippen molar-refractivity contribution in [3.8, 4) is 5.75 Å². The molecular formula is C19H20ClN3O5S. The number of fused-ring (bicyclic) bond motifs is 1. The van der Waals surface area contributed by atoms with Crippen LogP contribution < -0.4 is 15.4 Å². The Morgan fingerprint density at radius 1 is 1.28 bits per heavy atom. The summed E-state index contributed by atoms with van der Waals surface area (Å²) in [6.07, 6.45) is 0. The molecule has 1 aliphatic rings. The molecule has 0 fully saturated rings. The van der Waals surface area contributed by atoms with Crippen LogP contribution in [0, 0.1) is 13.8 Å². The van der Waals surface area contributed by atoms with E-state index in [9.17, 15) is 18.0 Å². The summed E-state index contributed by atoms with van der Waals surface area (Å²) in [7, 11) is -2.66. The Morgan fingerprint density at radius 2 is 2.00 bits per heavy atom. The maximum Gasteiger partial charge on any atom is 0.262 e. The highest BCUT2D eigenvalue weighted by Gasteiger charge is 2.28. The lowest BCUT2D eigenvalue weighted by molar-refractivity contribution is -0.118. The number of ether oxygens (including phenoxy) is 1. The van der Waals surface area contributed by atoms with Gasteiger partial charge in [-0.25, -0.2) is 8.42 Å². The van der Waals surface area contributed by atoms with Crippen molar-refractivity contribution < 1.29 is 22.7 Å². The zero-order valence-corrected chi connectivity index (χ0v) is 17.6. The van der Waals surface area contributed by atoms with E-state index < -0.39 is 22.5 Å². The Bertz CT molecular complexity index is 1100. The van der Waals surface area contributed by atoms with Crippen LogP contribution in [0.5, 0.6) is 5.75 Å². The molecule has 0 bridgehead atoms. The molecule has 0 spiro atoms. The van der Waals surface area contributed by atoms with E-state index in [1.165, 1.54) is 19.2 Å². The van der Waals surface area contributed by atoms with Crippen molar-refractivity contribution in [3.63, 3.8) is 0 Å². The van der Waals surface area contributed by atoms with Crippen LogP contribution in [0.15, 0.2) is 35.2 Å². The van der Waals surface area contributed by atoms with Crippen molar-refractivity contribution in [1.82, 2.24) is 4.31 Å². The average molecular weight is 438 g/mol. The van der Waals surface area contributed by atoms with Gasteiger partial charge in [0.25, 0.3) is 5.91 Å². The number of nitrogens with zero attached hydrogens (tertiary/aromatic N) is 1. The number of halogens is 1. The summed E-state index contributed by atoms with van der Waals surface area (Å²) in [6.45, 7) is 2.88. The van der Waals surface area contributed by atoms with Gasteiger partial charge in [0.2, 0.25) is 15.9 Å². The molecule has 2 aromatic carbocycles. The Hall–Kier alpha value is -2.62. The summed E-state index contributed by atoms with van der Waals surface area (Å²) < 4.78 is 32.2. The molecule has 0 aromatic heterocycles. The zero-order chi connectivity index (χ0) is 21.3. The number of hydrogen-bond acceptors (Lipinski definition) is 5. The lowest BCUT2D eigenvalue weighted by Crippen LogP contribution is -2.35. The maximum atomic E-state index is 13.0. The first kappa shape index (κ1) is 21.1. The minimum absolute atomic E-state index is 0.00364. The van der Waals surface area contributed by atoms with Gasteiger partial charge in [0.15, 0.2) is 6.61 Å². The normalized spacial score (nSPS) is 13.5. The smallest absolute Gasteiger partial charge is 0.262 e. The summed E-state index contributed by atoms with van der Waals surface area (Å²) in [4.78, 5) is 23.8. The summed E-state index contributed by atoms with van der Waals surface area (Å²) >= 11 is 6.10. The number of hydrogen-bond donors (Lipinski definition) is 2. The fourth-order valence-electron chi connectivity index (χ4n) is 2.86. The standard InChI is InChI=1S/C19H20ClN3O5S/c1-11-4-5-14(13(20)6-11)21-18(24)9-23(3)29(26,27)17-8-16-15(7-12(17)2)22-19(25)10-28-16/h4-8H,9-10H2,1-3H3,(H,21,24)(H,22,25). The largest absolute Gasteiger partial charge is 0.482 e. The summed E-state index contributed by atoms with van der Waals surface area (Å²) in [6, 6.07) is 8.03. The molecule has 2 aromatic rings. The average Bonchev–Trinajstić information content (AvgIpc) is 2.63. The van der Waals surface area contributed by atoms with Crippen LogP contribution >= 0.6 is 11.6 Å². The van der Waals surface area contributed by atoms with Gasteiger partial charge in [0, 0.05) is 13.1 Å². The molecule has 1 aliphatic heterocycles. The number of nitrogens with one attached hydrogen (secondary N) is 2. The Balaban J connectivity index is 1.78. The Morgan fingerprint density at radius 3 is 2.69 bits per heavy atom. The van der Waals surface area contributed by atoms with Gasteiger partial charge in [-0.2, -0.15) is 4.31 Å². The molecule has 0 atom stereocenters. The number of carbonyl (C=O) groups is 2. The Labute approximate surface area is 173 Å². The topological polar surface area (TPSA) is 105 Å². The quantitative estimate of drug-likeness (QED) is 0.747. The van der Waals surface area contributed by atoms with Gasteiger partial charge < -0.3 is 15.4 Å². The van der Waals surface area contributed by atoms with Gasteiger partial charge >= 0.3 is 0 Å². The first-order chi connectivity index (χ1) is 13.6. The van der Waals surface area contributed by atoms with E-state index in [0.29, 0.717) is 22.0 Å². The number of rotatable bonds is 5. The highest BCUT2D eigenvalue weighted by atomic mass is 35.5. The van der Waals surface area contributed by atoms with E-state index in [2.05, 4.69) is 10.6 Å². The molecule has 10 heteroatoms. The van der Waals surface area contributed by atoms with Gasteiger partial charge in [-0.1, -0.05) is 17.7 Å². The van der Waals surface area contributed by atoms with E-state index in [-0.39, 0.29) is 23.2 Å². The molecule has 0 saturated heterocycles. The lowest BCUT2D eigenvalue weighted by atomic mass is 10.2. The molecule has 0 radical (unpaired) electrons. The van der Waals surface area contributed by atoms with E-state index in [1.807, 2.05) is 6.92 Å². The number of anilines is 2. The minimum Gasteiger partial charge on any atom is -0.482 e. The second-order valence-electron chi connectivity index (χ2n) is 6.74. The predicted molar refractivity (Wildman–Crippen MR) is 110 cm³/mol. The van der Waals surface area contributed by atoms with Crippen LogP contribution in [-0.4, -0.2) is 44.7 Å². The third-order valence-corrected chi connectivity index (χ3v) is 6.62. The van der Waals surface area contributed by atoms with Crippen molar-refractivity contribution in [1.29, 1.82) is 0 Å². The third kappa shape index (κ3) is 4.52. The molecule has 0 unspecified atom stereocenters. The summed E-state index contributed by atoms with van der Waals surface area (Å²) in [5.74, 6) is -0.574. The van der Waals surface area contributed by atoms with Crippen molar-refractivity contribution in [3.05, 3.63) is 46.5 Å². The minimum atomic E-state index is -3.97. The monoisotopic (exact) mass is 437 g/mol. The molecule has 0 saturated carbocycles. The number of likely N-dealkylation sites (N-methyl/N-ethyl adjacent to an activating group) is 1. The number of amides is 2. The van der Waals surface area contributed by atoms with Gasteiger partial charge in [-0.05, 0) is 43.2 Å². The maximum absolute atomic E-state index is 13.0. The first-order valence-electron chi connectivity index (χ1n) is 8.67. The van der Waals surface area contributed by atoms with Crippen LogP contribution in [0.4, 0.5) is 11.4 Å². The third-order valence-electron chi connectivity index (χ3n) is 4.36. The van der Waals surface area contributed by atoms with Gasteiger partial charge in [0.05, 0.1) is 27.8 Å². The van der Waals surface area contributed by atoms with Crippen molar-refractivity contribution >= 4 is 44.8 Å². The number of sulfonamides is 1. The van der Waals surface area contributed by atoms with Gasteiger partial charge in [-0.15, -0.1) is 0 Å². The van der Waals surface area contributed by atoms with Gasteiger partial charge in [-0.3, -0.25) is 9.59 Å². The van der Waals surface area contributed by atoms with E-state index in [0.717, 1.165) is 9.87 Å². The molecule has 2 N–H and O–H groups in total. The SMILES string of the molecule is Cc1ccc(NC(=O)CN(C)S(=O)(=O)c2cc3c(cc2C)NC(=O)CO3)c(Cl)c1. The predicted octanol–water partition coefficient (Wildman–Crippen LogP) is 2.55. The molecular weight excluding hydrogens is 418 g/mol. The lowest BCUT2D eigenvalue weighted by Gasteiger charge is -2.22. The fourth-order valence-corrected chi connectivity index (χ4v) is 4.49. The van der Waals surface area contributed by atoms with Crippen LogP contribution in [0.2, 0.25) is 5.02 Å². The second kappa shape index (κ2) is 8.02. The number of aryl methyl sites for hydroxylation is 2. The van der Waals surface area contributed by atoms with Crippen molar-refractivity contribution in [2.45, 2.75) is 18.7 Å². The van der Waals surface area contributed by atoms with Crippen LogP contribution in [0.3, 0.4) is 0 Å². The van der Waals surface area contributed by atoms with Crippen LogP contribution in [-0.2, 0) is 19.6 Å². The molecule has 3 rings (SSSR count). The molecule has 8 nitrogen and oxygen atoms in total. The molecule has 154 valence electrons. The van der Waals surface area contributed by atoms with Gasteiger partial charge in [0.1, 0.15) is 5.75 Å². The number of benzene rings is 2. The summed E-state index contributed by atoms with van der Waals surface area (Å²) in [5, 5.41) is 5.61. The Kier molecular flexibility index (Phi) is 5.83. The van der Waals surface area contributed by atoms with Crippen molar-refractivity contribution in [2.75, 3.05) is 30.8 Å². The van der Waals surface area contributed by atoms with E-state index in [4.69, 9.17) is 16.3 Å². The van der Waals surface area contributed by atoms with E-state index in [1.54, 1.807) is 25.1 Å². The highest BCUT2D eigenvalue weighted by molar-refractivity contribution is 7.89. The van der Waals surface area contributed by atoms with Crippen LogP contribution in [0.25, 0.3) is 0 Å². The molecule has 29 heavy (non-hydrogen) atoms. The molecule has 1 heterocycles. The van der Waals surface area contributed by atoms with Crippen molar-refractivity contribution in [2.24, 2.45) is 0 Å². The molecule has 2 amide bonds. The fraction of sp³-hybridized carbons (Fsp3) is 0.263. The zero-order valence-electron chi connectivity index (χ0n) is 16.1. The number of carbonyl (C=O) groups excluding carboxylic acids is 2. The first-order valence-corrected chi connectivity index (χ1v) is 10.5.